The number of anilines is 2. The van der Waals surface area contributed by atoms with E-state index in [1.807, 2.05) is 54.7 Å². The summed E-state index contributed by atoms with van der Waals surface area (Å²) in [5.41, 5.74) is 3.70. The molecule has 25 heavy (non-hydrogen) atoms. The van der Waals surface area contributed by atoms with Gasteiger partial charge < -0.3 is 5.32 Å². The molecule has 5 nitrogen and oxygen atoms in total. The number of rotatable bonds is 4. The number of hydrogen-bond acceptors (Lipinski definition) is 5. The van der Waals surface area contributed by atoms with Crippen LogP contribution >= 0.6 is 0 Å². The summed E-state index contributed by atoms with van der Waals surface area (Å²) in [5, 5.41) is 3.18. The van der Waals surface area contributed by atoms with Crippen molar-refractivity contribution >= 4 is 11.6 Å². The minimum atomic E-state index is 0.628. The molecule has 3 heterocycles. The summed E-state index contributed by atoms with van der Waals surface area (Å²) < 4.78 is 0. The molecule has 0 aliphatic carbocycles. The molecular weight excluding hydrogens is 310 g/mol. The van der Waals surface area contributed by atoms with Gasteiger partial charge >= 0.3 is 0 Å². The first-order chi connectivity index (χ1) is 12.4. The van der Waals surface area contributed by atoms with E-state index in [-0.39, 0.29) is 0 Å². The Kier molecular flexibility index (Phi) is 4.12. The molecule has 0 aliphatic rings. The Labute approximate surface area is 145 Å². The normalized spacial score (nSPS) is 10.4. The third-order valence-electron chi connectivity index (χ3n) is 3.69. The summed E-state index contributed by atoms with van der Waals surface area (Å²) in [6, 6.07) is 19.8. The predicted octanol–water partition coefficient (Wildman–Crippen LogP) is 4.34. The van der Waals surface area contributed by atoms with Crippen LogP contribution in [0.2, 0.25) is 0 Å². The summed E-state index contributed by atoms with van der Waals surface area (Å²) in [7, 11) is 0. The lowest BCUT2D eigenvalue weighted by Crippen LogP contribution is -1.98. The molecule has 0 fully saturated rings. The van der Waals surface area contributed by atoms with Crippen molar-refractivity contribution < 1.29 is 0 Å². The first-order valence-electron chi connectivity index (χ1n) is 7.90. The van der Waals surface area contributed by atoms with Crippen molar-refractivity contribution in [2.75, 3.05) is 5.32 Å². The Balaban J connectivity index is 1.55. The highest BCUT2D eigenvalue weighted by atomic mass is 15.1. The second-order valence-corrected chi connectivity index (χ2v) is 5.43. The van der Waals surface area contributed by atoms with Gasteiger partial charge in [-0.05, 0) is 29.8 Å². The van der Waals surface area contributed by atoms with Crippen molar-refractivity contribution in [3.8, 4) is 22.5 Å². The van der Waals surface area contributed by atoms with Crippen LogP contribution in [0.3, 0.4) is 0 Å². The van der Waals surface area contributed by atoms with Gasteiger partial charge in [0.25, 0.3) is 0 Å². The van der Waals surface area contributed by atoms with Crippen molar-refractivity contribution in [1.29, 1.82) is 0 Å². The quantitative estimate of drug-likeness (QED) is 0.604. The highest BCUT2D eigenvalue weighted by molar-refractivity contribution is 5.65. The third kappa shape index (κ3) is 3.50. The Morgan fingerprint density at radius 3 is 2.24 bits per heavy atom. The predicted molar refractivity (Wildman–Crippen MR) is 98.2 cm³/mol. The summed E-state index contributed by atoms with van der Waals surface area (Å²) in [5.74, 6) is 1.34. The smallest absolute Gasteiger partial charge is 0.150 e. The molecule has 0 unspecified atom stereocenters. The number of aromatic nitrogens is 4. The average molecular weight is 325 g/mol. The lowest BCUT2D eigenvalue weighted by molar-refractivity contribution is 1.16. The Morgan fingerprint density at radius 2 is 1.48 bits per heavy atom. The number of benzene rings is 1. The first kappa shape index (κ1) is 15.0. The molecule has 1 N–H and O–H groups in total. The molecule has 0 aliphatic heterocycles. The number of pyridine rings is 2. The van der Waals surface area contributed by atoms with Crippen molar-refractivity contribution in [1.82, 2.24) is 19.9 Å². The van der Waals surface area contributed by atoms with E-state index in [9.17, 15) is 0 Å². The monoisotopic (exact) mass is 325 g/mol. The summed E-state index contributed by atoms with van der Waals surface area (Å²) in [6.45, 7) is 0. The van der Waals surface area contributed by atoms with E-state index in [2.05, 4.69) is 37.4 Å². The summed E-state index contributed by atoms with van der Waals surface area (Å²) >= 11 is 0. The Hall–Kier alpha value is -3.60. The van der Waals surface area contributed by atoms with E-state index < -0.39 is 0 Å². The highest BCUT2D eigenvalue weighted by Gasteiger charge is 2.04. The van der Waals surface area contributed by atoms with E-state index >= 15 is 0 Å². The van der Waals surface area contributed by atoms with Gasteiger partial charge in [0.05, 0.1) is 18.1 Å². The van der Waals surface area contributed by atoms with Crippen LogP contribution in [0.15, 0.2) is 85.5 Å². The van der Waals surface area contributed by atoms with Crippen LogP contribution in [0.5, 0.6) is 0 Å². The Bertz CT molecular complexity index is 954. The standard InChI is InChI=1S/C20H15N5/c1-2-6-15(7-3-1)16-9-10-19(23-12-16)25-20-14-21-13-18(24-20)17-8-4-5-11-22-17/h1-14H,(H,23,24,25). The Morgan fingerprint density at radius 1 is 0.600 bits per heavy atom. The van der Waals surface area contributed by atoms with Gasteiger partial charge in [-0.2, -0.15) is 0 Å². The van der Waals surface area contributed by atoms with Gasteiger partial charge in [0.2, 0.25) is 0 Å². The van der Waals surface area contributed by atoms with E-state index in [0.29, 0.717) is 17.3 Å². The zero-order chi connectivity index (χ0) is 16.9. The van der Waals surface area contributed by atoms with Crippen LogP contribution in [0.1, 0.15) is 0 Å². The number of nitrogens with one attached hydrogen (secondary N) is 1. The minimum Gasteiger partial charge on any atom is -0.324 e. The van der Waals surface area contributed by atoms with Gasteiger partial charge in [-0.3, -0.25) is 9.97 Å². The van der Waals surface area contributed by atoms with Crippen molar-refractivity contribution in [2.45, 2.75) is 0 Å². The van der Waals surface area contributed by atoms with Gasteiger partial charge in [-0.1, -0.05) is 36.4 Å². The minimum absolute atomic E-state index is 0.628. The number of nitrogens with zero attached hydrogens (tertiary/aromatic N) is 4. The van der Waals surface area contributed by atoms with E-state index in [4.69, 9.17) is 0 Å². The number of hydrogen-bond donors (Lipinski definition) is 1. The summed E-state index contributed by atoms with van der Waals surface area (Å²) in [4.78, 5) is 17.5. The largest absolute Gasteiger partial charge is 0.324 e. The molecule has 5 heteroatoms. The SMILES string of the molecule is c1ccc(-c2ccc(Nc3cncc(-c4ccccn4)n3)nc2)cc1. The van der Waals surface area contributed by atoms with Crippen LogP contribution in [-0.4, -0.2) is 19.9 Å². The van der Waals surface area contributed by atoms with Crippen LogP contribution in [-0.2, 0) is 0 Å². The van der Waals surface area contributed by atoms with E-state index in [0.717, 1.165) is 16.8 Å². The molecular formula is C20H15N5. The van der Waals surface area contributed by atoms with Gasteiger partial charge in [-0.25, -0.2) is 9.97 Å². The highest BCUT2D eigenvalue weighted by Crippen LogP contribution is 2.21. The molecule has 1 aromatic carbocycles. The van der Waals surface area contributed by atoms with Gasteiger partial charge in [0, 0.05) is 18.0 Å². The van der Waals surface area contributed by atoms with Gasteiger partial charge in [0.15, 0.2) is 5.82 Å². The third-order valence-corrected chi connectivity index (χ3v) is 3.69. The fourth-order valence-electron chi connectivity index (χ4n) is 2.46. The van der Waals surface area contributed by atoms with Crippen LogP contribution < -0.4 is 5.32 Å². The van der Waals surface area contributed by atoms with Crippen LogP contribution in [0, 0.1) is 0 Å². The molecule has 0 atom stereocenters. The molecule has 4 aromatic rings. The molecule has 4 rings (SSSR count). The second kappa shape index (κ2) is 6.88. The van der Waals surface area contributed by atoms with Crippen molar-refractivity contribution in [2.24, 2.45) is 0 Å². The molecule has 0 radical (unpaired) electrons. The van der Waals surface area contributed by atoms with Crippen LogP contribution in [0.25, 0.3) is 22.5 Å². The first-order valence-corrected chi connectivity index (χ1v) is 7.90. The average Bonchev–Trinajstić information content (AvgIpc) is 2.70. The second-order valence-electron chi connectivity index (χ2n) is 5.43. The van der Waals surface area contributed by atoms with Crippen molar-refractivity contribution in [3.05, 3.63) is 85.5 Å². The maximum absolute atomic E-state index is 4.54. The lowest BCUT2D eigenvalue weighted by Gasteiger charge is -2.07. The fraction of sp³-hybridized carbons (Fsp3) is 0. The van der Waals surface area contributed by atoms with E-state index in [1.54, 1.807) is 18.6 Å². The van der Waals surface area contributed by atoms with Gasteiger partial charge in [0.1, 0.15) is 11.5 Å². The molecule has 0 bridgehead atoms. The molecule has 0 saturated heterocycles. The lowest BCUT2D eigenvalue weighted by atomic mass is 10.1. The molecule has 0 saturated carbocycles. The zero-order valence-electron chi connectivity index (χ0n) is 13.4. The van der Waals surface area contributed by atoms with Crippen LogP contribution in [0.4, 0.5) is 11.6 Å². The zero-order valence-corrected chi connectivity index (χ0v) is 13.4. The molecule has 3 aromatic heterocycles. The summed E-state index contributed by atoms with van der Waals surface area (Å²) in [6.07, 6.45) is 6.94. The molecule has 0 spiro atoms. The van der Waals surface area contributed by atoms with E-state index in [1.165, 1.54) is 0 Å². The molecule has 120 valence electrons. The van der Waals surface area contributed by atoms with Crippen molar-refractivity contribution in [3.63, 3.8) is 0 Å². The maximum atomic E-state index is 4.54. The maximum Gasteiger partial charge on any atom is 0.150 e. The molecule has 0 amide bonds. The topological polar surface area (TPSA) is 63.6 Å². The van der Waals surface area contributed by atoms with Gasteiger partial charge in [-0.15, -0.1) is 0 Å². The fourth-order valence-corrected chi connectivity index (χ4v) is 2.46.